The highest BCUT2D eigenvalue weighted by Crippen LogP contribution is 2.11. The van der Waals surface area contributed by atoms with Crippen LogP contribution in [0.3, 0.4) is 0 Å². The minimum absolute atomic E-state index is 0.116. The van der Waals surface area contributed by atoms with Crippen LogP contribution in [0.15, 0.2) is 0 Å². The first kappa shape index (κ1) is 17.9. The number of hydrogen-bond donors (Lipinski definition) is 0. The standard InChI is InChI=1S/C8H12O4.C7H14O2/c1-2-3-6(9)4-7-5-11-8(10)12-7;1-2-3-4-7-8-5-6-9-7/h7H,2-5H2,1H3;7H,2-6H2,1H3. The molecule has 0 bridgehead atoms. The molecular weight excluding hydrogens is 276 g/mol. The van der Waals surface area contributed by atoms with E-state index in [1.807, 2.05) is 6.92 Å². The van der Waals surface area contributed by atoms with E-state index >= 15 is 0 Å². The van der Waals surface area contributed by atoms with Crippen LogP contribution < -0.4 is 0 Å². The van der Waals surface area contributed by atoms with E-state index in [4.69, 9.17) is 14.2 Å². The zero-order chi connectivity index (χ0) is 15.5. The Labute approximate surface area is 126 Å². The number of unbranched alkanes of at least 4 members (excludes halogenated alkanes) is 1. The number of Topliss-reactive ketones (excluding diaryl/α,β-unsaturated/α-hetero) is 1. The molecule has 6 nitrogen and oxygen atoms in total. The lowest BCUT2D eigenvalue weighted by atomic mass is 10.1. The van der Waals surface area contributed by atoms with Gasteiger partial charge in [-0.3, -0.25) is 4.79 Å². The average molecular weight is 302 g/mol. The number of carbonyl (C=O) groups is 2. The molecule has 2 rings (SSSR count). The van der Waals surface area contributed by atoms with Crippen molar-refractivity contribution in [2.24, 2.45) is 0 Å². The van der Waals surface area contributed by atoms with E-state index in [0.29, 0.717) is 12.8 Å². The Morgan fingerprint density at radius 2 is 1.90 bits per heavy atom. The smallest absolute Gasteiger partial charge is 0.430 e. The zero-order valence-electron chi connectivity index (χ0n) is 13.0. The molecule has 0 aromatic carbocycles. The molecule has 0 saturated carbocycles. The van der Waals surface area contributed by atoms with Gasteiger partial charge in [-0.1, -0.05) is 20.3 Å². The van der Waals surface area contributed by atoms with Gasteiger partial charge in [-0.05, 0) is 19.3 Å². The molecule has 0 amide bonds. The van der Waals surface area contributed by atoms with Crippen molar-refractivity contribution in [2.45, 2.75) is 64.8 Å². The Morgan fingerprint density at radius 1 is 1.19 bits per heavy atom. The summed E-state index contributed by atoms with van der Waals surface area (Å²) in [5.74, 6) is 0.126. The summed E-state index contributed by atoms with van der Waals surface area (Å²) in [5, 5.41) is 0. The number of ether oxygens (including phenoxy) is 4. The average Bonchev–Trinajstić information content (AvgIpc) is 3.09. The third-order valence-corrected chi connectivity index (χ3v) is 3.12. The maximum absolute atomic E-state index is 11.1. The van der Waals surface area contributed by atoms with Gasteiger partial charge in [-0.25, -0.2) is 4.79 Å². The van der Waals surface area contributed by atoms with E-state index in [1.165, 1.54) is 12.8 Å². The number of rotatable bonds is 7. The number of ketones is 1. The van der Waals surface area contributed by atoms with Crippen LogP contribution in [0.25, 0.3) is 0 Å². The second kappa shape index (κ2) is 10.6. The Kier molecular flexibility index (Phi) is 9.01. The maximum Gasteiger partial charge on any atom is 0.508 e. The van der Waals surface area contributed by atoms with Gasteiger partial charge in [-0.2, -0.15) is 0 Å². The molecule has 2 saturated heterocycles. The number of hydrogen-bond acceptors (Lipinski definition) is 6. The normalized spacial score (nSPS) is 21.4. The van der Waals surface area contributed by atoms with E-state index in [0.717, 1.165) is 26.1 Å². The van der Waals surface area contributed by atoms with Crippen LogP contribution in [0.2, 0.25) is 0 Å². The molecule has 2 heterocycles. The van der Waals surface area contributed by atoms with Crippen LogP contribution in [-0.4, -0.2) is 44.2 Å². The molecule has 0 aliphatic carbocycles. The molecule has 1 atom stereocenters. The fourth-order valence-electron chi connectivity index (χ4n) is 2.05. The van der Waals surface area contributed by atoms with Gasteiger partial charge < -0.3 is 18.9 Å². The van der Waals surface area contributed by atoms with Gasteiger partial charge in [0.05, 0.1) is 13.2 Å². The first-order chi connectivity index (χ1) is 10.2. The van der Waals surface area contributed by atoms with Gasteiger partial charge in [0.2, 0.25) is 0 Å². The molecule has 6 heteroatoms. The van der Waals surface area contributed by atoms with Crippen LogP contribution in [-0.2, 0) is 23.7 Å². The molecule has 2 fully saturated rings. The quantitative estimate of drug-likeness (QED) is 0.673. The van der Waals surface area contributed by atoms with E-state index < -0.39 is 6.16 Å². The summed E-state index contributed by atoms with van der Waals surface area (Å²) in [6, 6.07) is 0. The van der Waals surface area contributed by atoms with Crippen molar-refractivity contribution < 1.29 is 28.5 Å². The van der Waals surface area contributed by atoms with Crippen molar-refractivity contribution in [3.05, 3.63) is 0 Å². The van der Waals surface area contributed by atoms with Crippen molar-refractivity contribution in [1.29, 1.82) is 0 Å². The molecule has 0 aromatic heterocycles. The Hall–Kier alpha value is -1.14. The maximum atomic E-state index is 11.1. The first-order valence-electron chi connectivity index (χ1n) is 7.74. The van der Waals surface area contributed by atoms with Gasteiger partial charge in [0.1, 0.15) is 18.5 Å². The lowest BCUT2D eigenvalue weighted by Gasteiger charge is -2.05. The summed E-state index contributed by atoms with van der Waals surface area (Å²) in [5.41, 5.74) is 0. The van der Waals surface area contributed by atoms with Gasteiger partial charge in [0.25, 0.3) is 0 Å². The van der Waals surface area contributed by atoms with Gasteiger partial charge >= 0.3 is 6.16 Å². The molecule has 2 aliphatic heterocycles. The summed E-state index contributed by atoms with van der Waals surface area (Å²) in [7, 11) is 0. The monoisotopic (exact) mass is 302 g/mol. The van der Waals surface area contributed by atoms with Gasteiger partial charge in [-0.15, -0.1) is 0 Å². The fraction of sp³-hybridized carbons (Fsp3) is 0.867. The van der Waals surface area contributed by atoms with Gasteiger partial charge in [0, 0.05) is 12.8 Å². The molecule has 122 valence electrons. The Bertz CT molecular complexity index is 311. The van der Waals surface area contributed by atoms with Crippen LogP contribution in [0.1, 0.15) is 52.4 Å². The first-order valence-corrected chi connectivity index (χ1v) is 7.74. The molecule has 0 aromatic rings. The SMILES string of the molecule is CCCC(=O)CC1COC(=O)O1.CCCCC1OCCO1. The summed E-state index contributed by atoms with van der Waals surface area (Å²) in [6.45, 7) is 5.90. The zero-order valence-corrected chi connectivity index (χ0v) is 13.0. The van der Waals surface area contributed by atoms with Crippen LogP contribution in [0.4, 0.5) is 4.79 Å². The highest BCUT2D eigenvalue weighted by atomic mass is 16.8. The predicted octanol–water partition coefficient (Wildman–Crippen LogP) is 2.83. The lowest BCUT2D eigenvalue weighted by Crippen LogP contribution is -2.15. The molecule has 0 N–H and O–H groups in total. The number of cyclic esters (lactones) is 2. The second-order valence-corrected chi connectivity index (χ2v) is 5.11. The summed E-state index contributed by atoms with van der Waals surface area (Å²) in [4.78, 5) is 21.5. The van der Waals surface area contributed by atoms with Crippen molar-refractivity contribution in [1.82, 2.24) is 0 Å². The van der Waals surface area contributed by atoms with Crippen LogP contribution in [0, 0.1) is 0 Å². The van der Waals surface area contributed by atoms with Crippen molar-refractivity contribution in [3.8, 4) is 0 Å². The van der Waals surface area contributed by atoms with E-state index in [1.54, 1.807) is 0 Å². The summed E-state index contributed by atoms with van der Waals surface area (Å²) < 4.78 is 19.7. The van der Waals surface area contributed by atoms with E-state index in [-0.39, 0.29) is 24.8 Å². The van der Waals surface area contributed by atoms with E-state index in [2.05, 4.69) is 11.7 Å². The van der Waals surface area contributed by atoms with Crippen molar-refractivity contribution in [2.75, 3.05) is 19.8 Å². The minimum Gasteiger partial charge on any atom is -0.430 e. The molecule has 2 aliphatic rings. The lowest BCUT2D eigenvalue weighted by molar-refractivity contribution is -0.120. The fourth-order valence-corrected chi connectivity index (χ4v) is 2.05. The van der Waals surface area contributed by atoms with Gasteiger partial charge in [0.15, 0.2) is 6.29 Å². The summed E-state index contributed by atoms with van der Waals surface area (Å²) >= 11 is 0. The largest absolute Gasteiger partial charge is 0.508 e. The number of carbonyl (C=O) groups excluding carboxylic acids is 2. The molecule has 1 unspecified atom stereocenters. The molecule has 0 radical (unpaired) electrons. The highest BCUT2D eigenvalue weighted by Gasteiger charge is 2.26. The second-order valence-electron chi connectivity index (χ2n) is 5.11. The Balaban J connectivity index is 0.000000219. The van der Waals surface area contributed by atoms with Crippen LogP contribution in [0.5, 0.6) is 0 Å². The van der Waals surface area contributed by atoms with Crippen molar-refractivity contribution >= 4 is 11.9 Å². The molecule has 0 spiro atoms. The molecule has 21 heavy (non-hydrogen) atoms. The third kappa shape index (κ3) is 8.02. The summed E-state index contributed by atoms with van der Waals surface area (Å²) in [6.07, 6.45) is 4.28. The topological polar surface area (TPSA) is 71.1 Å². The predicted molar refractivity (Wildman–Crippen MR) is 76.0 cm³/mol. The molecular formula is C15H26O6. The highest BCUT2D eigenvalue weighted by molar-refractivity contribution is 5.79. The van der Waals surface area contributed by atoms with Crippen molar-refractivity contribution in [3.63, 3.8) is 0 Å². The minimum atomic E-state index is -0.663. The van der Waals surface area contributed by atoms with Crippen LogP contribution >= 0.6 is 0 Å². The Morgan fingerprint density at radius 3 is 2.43 bits per heavy atom. The van der Waals surface area contributed by atoms with E-state index in [9.17, 15) is 9.59 Å². The third-order valence-electron chi connectivity index (χ3n) is 3.12.